The van der Waals surface area contributed by atoms with Gasteiger partial charge in [-0.05, 0) is 110 Å². The number of pyridine rings is 1. The van der Waals surface area contributed by atoms with Gasteiger partial charge in [-0.15, -0.1) is 0 Å². The molecule has 0 aliphatic rings. The van der Waals surface area contributed by atoms with Gasteiger partial charge in [0.2, 0.25) is 0 Å². The first-order chi connectivity index (χ1) is 23.9. The average molecular weight is 650 g/mol. The molecule has 8 rings (SSSR count). The Morgan fingerprint density at radius 1 is 0.440 bits per heavy atom. The van der Waals surface area contributed by atoms with Gasteiger partial charge in [-0.1, -0.05) is 120 Å². The number of benzene rings is 6. The first-order valence-corrected chi connectivity index (χ1v) is 17.6. The Hall–Kier alpha value is -5.41. The highest BCUT2D eigenvalue weighted by Crippen LogP contribution is 2.48. The maximum atomic E-state index is 5.32. The molecule has 0 N–H and O–H groups in total. The van der Waals surface area contributed by atoms with Gasteiger partial charge in [-0.3, -0.25) is 4.98 Å². The fraction of sp³-hybridized carbons (Fsp3) is 0.213. The van der Waals surface area contributed by atoms with Crippen LogP contribution < -0.4 is 0 Å². The summed E-state index contributed by atoms with van der Waals surface area (Å²) < 4.78 is 0. The van der Waals surface area contributed by atoms with Gasteiger partial charge >= 0.3 is 0 Å². The second-order valence-electron chi connectivity index (χ2n) is 15.9. The topological polar surface area (TPSA) is 38.7 Å². The lowest BCUT2D eigenvalue weighted by Crippen LogP contribution is -2.20. The van der Waals surface area contributed by atoms with Crippen LogP contribution in [0, 0.1) is 13.8 Å². The summed E-state index contributed by atoms with van der Waals surface area (Å²) in [5, 5.41) is 7.32. The fourth-order valence-electron chi connectivity index (χ4n) is 7.28. The van der Waals surface area contributed by atoms with Crippen LogP contribution in [0.25, 0.3) is 77.2 Å². The summed E-state index contributed by atoms with van der Waals surface area (Å²) in [6.07, 6.45) is 0. The summed E-state index contributed by atoms with van der Waals surface area (Å²) in [6, 6.07) is 42.1. The van der Waals surface area contributed by atoms with Gasteiger partial charge in [-0.25, -0.2) is 9.97 Å². The molecule has 0 fully saturated rings. The van der Waals surface area contributed by atoms with Crippen molar-refractivity contribution in [3.8, 4) is 44.9 Å². The van der Waals surface area contributed by atoms with Crippen molar-refractivity contribution in [3.63, 3.8) is 0 Å². The van der Waals surface area contributed by atoms with Crippen molar-refractivity contribution in [2.75, 3.05) is 0 Å². The van der Waals surface area contributed by atoms with Crippen LogP contribution in [0.5, 0.6) is 0 Å². The van der Waals surface area contributed by atoms with E-state index in [1.165, 1.54) is 60.1 Å². The zero-order valence-corrected chi connectivity index (χ0v) is 30.3. The number of aromatic nitrogens is 3. The van der Waals surface area contributed by atoms with Gasteiger partial charge in [0, 0.05) is 27.7 Å². The smallest absolute Gasteiger partial charge is 0.160 e. The fourth-order valence-corrected chi connectivity index (χ4v) is 7.28. The molecule has 246 valence electrons. The van der Waals surface area contributed by atoms with Crippen molar-refractivity contribution in [1.29, 1.82) is 0 Å². The summed E-state index contributed by atoms with van der Waals surface area (Å²) in [5.74, 6) is 0.779. The SMILES string of the molecule is Cc1ccc(C)c(-c2cc3ccc4c(-c5nc(C(C)(C)C)cc(C(C)(C)C)n5)cc(-c5ccccc5)c5cc(-c6ccccc6)c(c2)c3c54)n1. The van der Waals surface area contributed by atoms with Crippen LogP contribution in [-0.4, -0.2) is 15.0 Å². The quantitative estimate of drug-likeness (QED) is 0.178. The third kappa shape index (κ3) is 5.42. The lowest BCUT2D eigenvalue weighted by atomic mass is 9.82. The Bertz CT molecular complexity index is 2520. The number of hydrogen-bond acceptors (Lipinski definition) is 3. The molecule has 0 amide bonds. The zero-order valence-electron chi connectivity index (χ0n) is 30.3. The molecule has 3 nitrogen and oxygen atoms in total. The van der Waals surface area contributed by atoms with Crippen molar-refractivity contribution in [2.45, 2.75) is 66.2 Å². The van der Waals surface area contributed by atoms with Gasteiger partial charge < -0.3 is 0 Å². The lowest BCUT2D eigenvalue weighted by Gasteiger charge is -2.25. The molecule has 0 radical (unpaired) electrons. The van der Waals surface area contributed by atoms with Crippen LogP contribution in [0.2, 0.25) is 0 Å². The van der Waals surface area contributed by atoms with E-state index in [1.54, 1.807) is 0 Å². The molecule has 2 heterocycles. The monoisotopic (exact) mass is 649 g/mol. The minimum absolute atomic E-state index is 0.132. The Kier molecular flexibility index (Phi) is 7.38. The first-order valence-electron chi connectivity index (χ1n) is 17.6. The third-order valence-corrected chi connectivity index (χ3v) is 10.0. The maximum absolute atomic E-state index is 5.32. The van der Waals surface area contributed by atoms with Gasteiger partial charge in [0.05, 0.1) is 17.1 Å². The largest absolute Gasteiger partial charge is 0.253 e. The van der Waals surface area contributed by atoms with E-state index in [1.807, 2.05) is 0 Å². The summed E-state index contributed by atoms with van der Waals surface area (Å²) >= 11 is 0. The van der Waals surface area contributed by atoms with Crippen LogP contribution in [0.3, 0.4) is 0 Å². The Morgan fingerprint density at radius 2 is 1.02 bits per heavy atom. The molecule has 0 bridgehead atoms. The van der Waals surface area contributed by atoms with Crippen molar-refractivity contribution in [2.24, 2.45) is 0 Å². The Balaban J connectivity index is 1.56. The molecule has 0 atom stereocenters. The molecule has 0 saturated carbocycles. The standard InChI is InChI=1S/C47H43N3/c1-28-19-20-29(2)48-44(28)33-23-32-21-22-34-39(45-49-40(46(3,4)5)27-41(50-45)47(6,7)8)26-36(31-17-13-10-14-18-31)38-25-35(30-15-11-9-12-16-30)37(24-33)42(32)43(34)38/h9-27H,1-8H3. The van der Waals surface area contributed by atoms with Crippen LogP contribution in [-0.2, 0) is 10.8 Å². The molecule has 0 unspecified atom stereocenters. The van der Waals surface area contributed by atoms with E-state index in [-0.39, 0.29) is 10.8 Å². The highest BCUT2D eigenvalue weighted by atomic mass is 14.9. The Morgan fingerprint density at radius 3 is 1.62 bits per heavy atom. The predicted molar refractivity (Wildman–Crippen MR) is 212 cm³/mol. The van der Waals surface area contributed by atoms with E-state index in [9.17, 15) is 0 Å². The van der Waals surface area contributed by atoms with Crippen molar-refractivity contribution in [1.82, 2.24) is 15.0 Å². The van der Waals surface area contributed by atoms with Gasteiger partial charge in [-0.2, -0.15) is 0 Å². The second kappa shape index (κ2) is 11.6. The van der Waals surface area contributed by atoms with Gasteiger partial charge in [0.25, 0.3) is 0 Å². The molecule has 0 aliphatic carbocycles. The predicted octanol–water partition coefficient (Wildman–Crippen LogP) is 12.6. The average Bonchev–Trinajstić information content (AvgIpc) is 3.10. The lowest BCUT2D eigenvalue weighted by molar-refractivity contribution is 0.539. The summed E-state index contributed by atoms with van der Waals surface area (Å²) in [5.41, 5.74) is 12.0. The van der Waals surface area contributed by atoms with Gasteiger partial charge in [0.15, 0.2) is 5.82 Å². The van der Waals surface area contributed by atoms with Crippen molar-refractivity contribution < 1.29 is 0 Å². The molecule has 0 saturated heterocycles. The first kappa shape index (κ1) is 31.8. The molecule has 0 aliphatic heterocycles. The summed E-state index contributed by atoms with van der Waals surface area (Å²) in [4.78, 5) is 15.7. The summed E-state index contributed by atoms with van der Waals surface area (Å²) in [6.45, 7) is 17.6. The number of nitrogens with zero attached hydrogens (tertiary/aromatic N) is 3. The summed E-state index contributed by atoms with van der Waals surface area (Å²) in [7, 11) is 0. The molecule has 6 aromatic carbocycles. The van der Waals surface area contributed by atoms with E-state index >= 15 is 0 Å². The minimum atomic E-state index is -0.132. The molecule has 50 heavy (non-hydrogen) atoms. The van der Waals surface area contributed by atoms with E-state index in [4.69, 9.17) is 15.0 Å². The minimum Gasteiger partial charge on any atom is -0.253 e. The molecule has 3 heteroatoms. The number of rotatable bonds is 4. The van der Waals surface area contributed by atoms with Crippen LogP contribution in [0.15, 0.2) is 115 Å². The van der Waals surface area contributed by atoms with E-state index in [2.05, 4.69) is 171 Å². The number of hydrogen-bond donors (Lipinski definition) is 0. The highest BCUT2D eigenvalue weighted by molar-refractivity contribution is 6.31. The van der Waals surface area contributed by atoms with Crippen molar-refractivity contribution in [3.05, 3.63) is 138 Å². The second-order valence-corrected chi connectivity index (χ2v) is 15.9. The third-order valence-electron chi connectivity index (χ3n) is 10.0. The van der Waals surface area contributed by atoms with E-state index in [0.29, 0.717) is 0 Å². The molecule has 2 aromatic heterocycles. The van der Waals surface area contributed by atoms with E-state index in [0.717, 1.165) is 39.7 Å². The molecule has 8 aromatic rings. The highest BCUT2D eigenvalue weighted by Gasteiger charge is 2.26. The van der Waals surface area contributed by atoms with E-state index < -0.39 is 0 Å². The molecular formula is C47H43N3. The van der Waals surface area contributed by atoms with Gasteiger partial charge in [0.1, 0.15) is 0 Å². The number of aryl methyl sites for hydroxylation is 2. The Labute approximate surface area is 295 Å². The molecule has 0 spiro atoms. The van der Waals surface area contributed by atoms with Crippen LogP contribution in [0.1, 0.15) is 64.2 Å². The maximum Gasteiger partial charge on any atom is 0.160 e. The van der Waals surface area contributed by atoms with Crippen LogP contribution >= 0.6 is 0 Å². The normalized spacial score (nSPS) is 12.4. The van der Waals surface area contributed by atoms with Crippen molar-refractivity contribution >= 4 is 32.3 Å². The van der Waals surface area contributed by atoms with Crippen LogP contribution in [0.4, 0.5) is 0 Å². The molecular weight excluding hydrogens is 607 g/mol. The zero-order chi connectivity index (χ0) is 34.9.